The summed E-state index contributed by atoms with van der Waals surface area (Å²) in [5.74, 6) is 0.0833. The Kier molecular flexibility index (Phi) is 2.87. The molecule has 0 aliphatic rings. The van der Waals surface area contributed by atoms with Crippen LogP contribution in [0.2, 0.25) is 0 Å². The molecule has 0 unspecified atom stereocenters. The second-order valence-electron chi connectivity index (χ2n) is 2.51. The maximum Gasteiger partial charge on any atom is 0.164 e. The quantitative estimate of drug-likeness (QED) is 0.624. The number of Topliss-reactive ketones (excluding diaryl/α,β-unsaturated/α-hetero) is 1. The molecule has 2 N–H and O–H groups in total. The van der Waals surface area contributed by atoms with Crippen LogP contribution in [-0.4, -0.2) is 5.78 Å². The lowest BCUT2D eigenvalue weighted by Gasteiger charge is -2.02. The molecule has 3 heteroatoms. The Balaban J connectivity index is 3.09. The van der Waals surface area contributed by atoms with Gasteiger partial charge in [-0.25, -0.2) is 0 Å². The molecule has 0 aliphatic carbocycles. The van der Waals surface area contributed by atoms with Gasteiger partial charge in [-0.2, -0.15) is 0 Å². The van der Waals surface area contributed by atoms with Crippen LogP contribution in [0.5, 0.6) is 0 Å². The van der Waals surface area contributed by atoms with Gasteiger partial charge >= 0.3 is 0 Å². The Morgan fingerprint density at radius 1 is 1.58 bits per heavy atom. The monoisotopic (exact) mass is 227 g/mol. The zero-order valence-corrected chi connectivity index (χ0v) is 8.39. The van der Waals surface area contributed by atoms with Gasteiger partial charge in [0.15, 0.2) is 5.78 Å². The summed E-state index contributed by atoms with van der Waals surface area (Å²) >= 11 is 3.28. The molecule has 0 heterocycles. The van der Waals surface area contributed by atoms with Crippen molar-refractivity contribution in [2.75, 3.05) is 5.73 Å². The van der Waals surface area contributed by atoms with Crippen molar-refractivity contribution in [2.24, 2.45) is 0 Å². The van der Waals surface area contributed by atoms with Crippen molar-refractivity contribution in [3.8, 4) is 0 Å². The molecule has 0 saturated carbocycles. The maximum atomic E-state index is 11.3. The van der Waals surface area contributed by atoms with Gasteiger partial charge in [0.2, 0.25) is 0 Å². The third-order valence-electron chi connectivity index (χ3n) is 1.64. The molecule has 1 aromatic carbocycles. The van der Waals surface area contributed by atoms with Gasteiger partial charge in [0.05, 0.1) is 0 Å². The van der Waals surface area contributed by atoms with E-state index in [4.69, 9.17) is 5.73 Å². The summed E-state index contributed by atoms with van der Waals surface area (Å²) in [7, 11) is 0. The maximum absolute atomic E-state index is 11.3. The van der Waals surface area contributed by atoms with E-state index in [0.29, 0.717) is 17.7 Å². The van der Waals surface area contributed by atoms with E-state index in [1.165, 1.54) is 0 Å². The fourth-order valence-electron chi connectivity index (χ4n) is 0.978. The van der Waals surface area contributed by atoms with Crippen molar-refractivity contribution in [3.05, 3.63) is 28.2 Å². The molecule has 1 aromatic rings. The molecule has 0 spiro atoms. The highest BCUT2D eigenvalue weighted by Gasteiger charge is 2.06. The summed E-state index contributed by atoms with van der Waals surface area (Å²) in [4.78, 5) is 11.3. The molecule has 1 rings (SSSR count). The van der Waals surface area contributed by atoms with Gasteiger partial charge in [-0.15, -0.1) is 0 Å². The van der Waals surface area contributed by atoms with Crippen molar-refractivity contribution in [1.29, 1.82) is 0 Å². The van der Waals surface area contributed by atoms with E-state index in [9.17, 15) is 4.79 Å². The highest BCUT2D eigenvalue weighted by Crippen LogP contribution is 2.19. The molecule has 0 aromatic heterocycles. The highest BCUT2D eigenvalue weighted by molar-refractivity contribution is 9.10. The largest absolute Gasteiger partial charge is 0.398 e. The van der Waals surface area contributed by atoms with E-state index in [1.54, 1.807) is 12.1 Å². The number of halogens is 1. The number of rotatable bonds is 2. The zero-order chi connectivity index (χ0) is 9.14. The summed E-state index contributed by atoms with van der Waals surface area (Å²) < 4.78 is 0.896. The van der Waals surface area contributed by atoms with Crippen LogP contribution in [0.3, 0.4) is 0 Å². The highest BCUT2D eigenvalue weighted by atomic mass is 79.9. The molecular weight excluding hydrogens is 218 g/mol. The van der Waals surface area contributed by atoms with Crippen molar-refractivity contribution in [2.45, 2.75) is 13.3 Å². The van der Waals surface area contributed by atoms with Gasteiger partial charge in [-0.1, -0.05) is 22.9 Å². The van der Waals surface area contributed by atoms with Crippen LogP contribution in [0.1, 0.15) is 23.7 Å². The van der Waals surface area contributed by atoms with Gasteiger partial charge < -0.3 is 5.73 Å². The number of benzene rings is 1. The Morgan fingerprint density at radius 3 is 2.75 bits per heavy atom. The molecule has 12 heavy (non-hydrogen) atoms. The minimum atomic E-state index is 0.0833. The van der Waals surface area contributed by atoms with Crippen molar-refractivity contribution < 1.29 is 4.79 Å². The summed E-state index contributed by atoms with van der Waals surface area (Å²) in [5, 5.41) is 0. The van der Waals surface area contributed by atoms with Crippen LogP contribution >= 0.6 is 15.9 Å². The van der Waals surface area contributed by atoms with Crippen molar-refractivity contribution >= 4 is 27.4 Å². The van der Waals surface area contributed by atoms with Crippen LogP contribution in [-0.2, 0) is 0 Å². The summed E-state index contributed by atoms with van der Waals surface area (Å²) in [5.41, 5.74) is 6.80. The predicted octanol–water partition coefficient (Wildman–Crippen LogP) is 2.62. The first-order chi connectivity index (χ1) is 5.65. The smallest absolute Gasteiger partial charge is 0.164 e. The van der Waals surface area contributed by atoms with E-state index < -0.39 is 0 Å². The summed E-state index contributed by atoms with van der Waals surface area (Å²) in [6.07, 6.45) is 0.492. The average Bonchev–Trinajstić information content (AvgIpc) is 2.03. The predicted molar refractivity (Wildman–Crippen MR) is 53.2 cm³/mol. The van der Waals surface area contributed by atoms with E-state index in [-0.39, 0.29) is 5.78 Å². The second-order valence-corrected chi connectivity index (χ2v) is 3.42. The molecule has 0 saturated heterocycles. The molecule has 0 amide bonds. The van der Waals surface area contributed by atoms with Crippen LogP contribution in [0.25, 0.3) is 0 Å². The Hall–Kier alpha value is -0.830. The first-order valence-electron chi connectivity index (χ1n) is 3.73. The minimum Gasteiger partial charge on any atom is -0.398 e. The van der Waals surface area contributed by atoms with Crippen molar-refractivity contribution in [3.63, 3.8) is 0 Å². The van der Waals surface area contributed by atoms with Gasteiger partial charge in [-0.05, 0) is 18.2 Å². The number of hydrogen-bond donors (Lipinski definition) is 1. The second kappa shape index (κ2) is 3.72. The summed E-state index contributed by atoms with van der Waals surface area (Å²) in [6.45, 7) is 1.82. The molecule has 0 aliphatic heterocycles. The van der Waals surface area contributed by atoms with E-state index >= 15 is 0 Å². The van der Waals surface area contributed by atoms with Gasteiger partial charge in [0, 0.05) is 22.1 Å². The lowest BCUT2D eigenvalue weighted by atomic mass is 10.1. The SMILES string of the molecule is CCC(=O)c1ccc(Br)cc1N. The molecule has 0 atom stereocenters. The average molecular weight is 228 g/mol. The molecule has 0 radical (unpaired) electrons. The minimum absolute atomic E-state index is 0.0833. The molecule has 2 nitrogen and oxygen atoms in total. The Labute approximate surface area is 79.9 Å². The number of ketones is 1. The first-order valence-corrected chi connectivity index (χ1v) is 4.52. The third-order valence-corrected chi connectivity index (χ3v) is 2.13. The third kappa shape index (κ3) is 1.85. The first kappa shape index (κ1) is 9.26. The zero-order valence-electron chi connectivity index (χ0n) is 6.80. The van der Waals surface area contributed by atoms with Crippen LogP contribution < -0.4 is 5.73 Å². The van der Waals surface area contributed by atoms with E-state index in [0.717, 1.165) is 4.47 Å². The number of hydrogen-bond acceptors (Lipinski definition) is 2. The van der Waals surface area contributed by atoms with Crippen LogP contribution in [0.4, 0.5) is 5.69 Å². The Bertz CT molecular complexity index is 309. The topological polar surface area (TPSA) is 43.1 Å². The van der Waals surface area contributed by atoms with E-state index in [1.807, 2.05) is 13.0 Å². The van der Waals surface area contributed by atoms with Crippen LogP contribution in [0.15, 0.2) is 22.7 Å². The molecule has 64 valence electrons. The normalized spacial score (nSPS) is 9.83. The van der Waals surface area contributed by atoms with E-state index in [2.05, 4.69) is 15.9 Å². The lowest BCUT2D eigenvalue weighted by Crippen LogP contribution is -2.01. The number of nitrogens with two attached hydrogens (primary N) is 1. The van der Waals surface area contributed by atoms with Gasteiger partial charge in [0.25, 0.3) is 0 Å². The molecule has 0 fully saturated rings. The molecule has 0 bridgehead atoms. The van der Waals surface area contributed by atoms with Crippen LogP contribution in [0, 0.1) is 0 Å². The number of nitrogen functional groups attached to an aromatic ring is 1. The fourth-order valence-corrected chi connectivity index (χ4v) is 1.36. The van der Waals surface area contributed by atoms with Gasteiger partial charge in [-0.3, -0.25) is 4.79 Å². The fraction of sp³-hybridized carbons (Fsp3) is 0.222. The van der Waals surface area contributed by atoms with Crippen molar-refractivity contribution in [1.82, 2.24) is 0 Å². The number of carbonyl (C=O) groups is 1. The lowest BCUT2D eigenvalue weighted by molar-refractivity contribution is 0.0989. The Morgan fingerprint density at radius 2 is 2.25 bits per heavy atom. The number of carbonyl (C=O) groups excluding carboxylic acids is 1. The summed E-state index contributed by atoms with van der Waals surface area (Å²) in [6, 6.07) is 5.30. The van der Waals surface area contributed by atoms with Gasteiger partial charge in [0.1, 0.15) is 0 Å². The molecular formula is C9H10BrNO. The number of anilines is 1. The standard InChI is InChI=1S/C9H10BrNO/c1-2-9(12)7-4-3-6(10)5-8(7)11/h3-5H,2,11H2,1H3.